The third kappa shape index (κ3) is 17.8. The molecule has 292 valence electrons. The molecule has 0 amide bonds. The van der Waals surface area contributed by atoms with Gasteiger partial charge in [0.05, 0.1) is 26.4 Å². The maximum absolute atomic E-state index is 9.65. The predicted octanol–water partition coefficient (Wildman–Crippen LogP) is -3.97. The minimum absolute atomic E-state index is 0. The van der Waals surface area contributed by atoms with Gasteiger partial charge >= 0.3 is 96.0 Å². The van der Waals surface area contributed by atoms with Crippen molar-refractivity contribution >= 4 is 64.5 Å². The zero-order valence-electron chi connectivity index (χ0n) is 32.3. The largest absolute Gasteiger partial charge is 1.00 e. The monoisotopic (exact) mass is 799 g/mol. The summed E-state index contributed by atoms with van der Waals surface area (Å²) >= 11 is 0.671. The maximum atomic E-state index is 9.65. The summed E-state index contributed by atoms with van der Waals surface area (Å²) in [5.74, 6) is 0. The summed E-state index contributed by atoms with van der Waals surface area (Å²) in [6.45, 7) is 6.81. The molecule has 0 aromatic heterocycles. The van der Waals surface area contributed by atoms with Crippen molar-refractivity contribution in [3.05, 3.63) is 91.0 Å². The molecule has 15 nitrogen and oxygen atoms in total. The zero-order valence-corrected chi connectivity index (χ0v) is 35.5. The summed E-state index contributed by atoms with van der Waals surface area (Å²) < 4.78 is 49.1. The SMILES string of the molecule is CC(CO)(CO)CO.CC1(CO)COB(c2ccccc2)OC1.CC12CO[B-](c3ccccc3)(OC1)OC2.O=[S](O)(=[Mg])OO.OB(O)c1ccccc1.[H-].[Na+]. The second-order valence-corrected chi connectivity index (χ2v) is 17.4. The van der Waals surface area contributed by atoms with Gasteiger partial charge in [-0.25, -0.2) is 0 Å². The molecule has 3 aromatic rings. The zero-order chi connectivity index (χ0) is 39.6. The molecule has 54 heavy (non-hydrogen) atoms. The Kier molecular flexibility index (Phi) is 23.6. The number of rotatable bonds is 8. The first-order chi connectivity index (χ1) is 25.0. The average Bonchev–Trinajstić information content (AvgIpc) is 3.20. The van der Waals surface area contributed by atoms with Gasteiger partial charge in [-0.1, -0.05) is 112 Å². The minimum Gasteiger partial charge on any atom is -1.00 e. The summed E-state index contributed by atoms with van der Waals surface area (Å²) in [6, 6.07) is 28.4. The molecule has 0 aliphatic carbocycles. The molecule has 4 saturated heterocycles. The molecule has 2 bridgehead atoms. The Morgan fingerprint density at radius 2 is 1.20 bits per heavy atom. The molecule has 1 unspecified atom stereocenters. The molecule has 4 heterocycles. The summed E-state index contributed by atoms with van der Waals surface area (Å²) in [5, 5.41) is 59.1. The molecule has 21 heteroatoms. The van der Waals surface area contributed by atoms with E-state index in [1.165, 1.54) is 0 Å². The van der Waals surface area contributed by atoms with Gasteiger partial charge in [-0.3, -0.25) is 0 Å². The molecule has 0 radical (unpaired) electrons. The second-order valence-electron chi connectivity index (χ2n) is 13.9. The third-order valence-corrected chi connectivity index (χ3v) is 8.69. The van der Waals surface area contributed by atoms with Gasteiger partial charge in [-0.05, 0) is 10.9 Å². The average molecular weight is 800 g/mol. The quantitative estimate of drug-likeness (QED) is 0.0617. The van der Waals surface area contributed by atoms with E-state index in [9.17, 15) is 4.21 Å². The molecule has 0 spiro atoms. The predicted molar refractivity (Wildman–Crippen MR) is 204 cm³/mol. The smallest absolute Gasteiger partial charge is 1.00 e. The van der Waals surface area contributed by atoms with Crippen molar-refractivity contribution in [3.8, 4) is 0 Å². The topological polar surface area (TPSA) is 234 Å². The van der Waals surface area contributed by atoms with Crippen LogP contribution in [0.25, 0.3) is 0 Å². The van der Waals surface area contributed by atoms with Crippen LogP contribution in [0.15, 0.2) is 91.0 Å². The number of benzene rings is 3. The van der Waals surface area contributed by atoms with Gasteiger partial charge in [-0.2, -0.15) is 0 Å². The summed E-state index contributed by atoms with van der Waals surface area (Å²) in [5.41, 5.74) is 1.62. The van der Waals surface area contributed by atoms with E-state index in [-0.39, 0.29) is 75.4 Å². The Bertz CT molecular complexity index is 1510. The van der Waals surface area contributed by atoms with Crippen LogP contribution in [0.2, 0.25) is 0 Å². The van der Waals surface area contributed by atoms with Gasteiger partial charge in [0.15, 0.2) is 0 Å². The van der Waals surface area contributed by atoms with Gasteiger partial charge in [0.2, 0.25) is 0 Å². The van der Waals surface area contributed by atoms with Crippen LogP contribution in [0.1, 0.15) is 22.2 Å². The number of aliphatic hydroxyl groups excluding tert-OH is 4. The second kappa shape index (κ2) is 24.9. The van der Waals surface area contributed by atoms with Gasteiger partial charge < -0.3 is 55.2 Å². The first kappa shape index (κ1) is 51.2. The van der Waals surface area contributed by atoms with Crippen molar-refractivity contribution in [3.63, 3.8) is 0 Å². The van der Waals surface area contributed by atoms with Gasteiger partial charge in [0.1, 0.15) is 0 Å². The first-order valence-electron chi connectivity index (χ1n) is 16.7. The molecule has 0 saturated carbocycles. The van der Waals surface area contributed by atoms with Crippen LogP contribution in [0.4, 0.5) is 0 Å². The van der Waals surface area contributed by atoms with Crippen LogP contribution >= 0.6 is 0 Å². The van der Waals surface area contributed by atoms with E-state index in [0.717, 1.165) is 30.7 Å². The van der Waals surface area contributed by atoms with Crippen LogP contribution in [0.5, 0.6) is 0 Å². The van der Waals surface area contributed by atoms with Crippen molar-refractivity contribution in [2.24, 2.45) is 16.2 Å². The molecule has 4 aliphatic rings. The molecule has 4 aliphatic heterocycles. The fraction of sp³-hybridized carbons (Fsp3) is 0.455. The van der Waals surface area contributed by atoms with Gasteiger partial charge in [-0.15, -0.1) is 5.46 Å². The van der Waals surface area contributed by atoms with Crippen molar-refractivity contribution < 1.29 is 103 Å². The Balaban J connectivity index is 0.000000687. The summed E-state index contributed by atoms with van der Waals surface area (Å²) in [4.78, 5) is 0. The molecule has 4 fully saturated rings. The maximum Gasteiger partial charge on any atom is 1.00 e. The van der Waals surface area contributed by atoms with E-state index in [0.29, 0.717) is 38.5 Å². The number of fused-ring (bicyclic) bond motifs is 3. The van der Waals surface area contributed by atoms with E-state index in [1.807, 2.05) is 73.7 Å². The summed E-state index contributed by atoms with van der Waals surface area (Å²) in [6.07, 6.45) is 0. The van der Waals surface area contributed by atoms with Crippen molar-refractivity contribution in [1.29, 1.82) is 0 Å². The number of hydrogen-bond donors (Lipinski definition) is 8. The standard InChI is InChI=1S/C11H14BO3.C11H15BO3.C6H7BO2.C5H12O3.Mg.Na.H2O4S.H/c1-11-7-13-12(14-8-11,15-9-11)10-5-3-2-4-6-10;1-11(7-13)8-14-12(15-9-11)10-5-3-2-4-6-10;8-7(9)6-4-2-1-3-5-6;1-5(2-6,3-7)4-8;;;1-4-5(2)3;/h2-6H,7-9H2,1H3;2-6,13H,7-9H2,1H3;1-5,8-9H;6-8H,2-4H2,1H3;;;1H,(H,2,3);/q-1;;;;;+1;;-1. The molecule has 1 atom stereocenters. The molecule has 3 aromatic carbocycles. The Morgan fingerprint density at radius 1 is 0.815 bits per heavy atom. The van der Waals surface area contributed by atoms with E-state index in [1.54, 1.807) is 31.2 Å². The third-order valence-electron chi connectivity index (χ3n) is 8.14. The van der Waals surface area contributed by atoms with Crippen LogP contribution in [-0.4, -0.2) is 145 Å². The van der Waals surface area contributed by atoms with Crippen LogP contribution in [-0.2, 0) is 34.9 Å². The van der Waals surface area contributed by atoms with Crippen LogP contribution in [0.3, 0.4) is 0 Å². The van der Waals surface area contributed by atoms with Crippen molar-refractivity contribution in [1.82, 2.24) is 0 Å². The van der Waals surface area contributed by atoms with E-state index in [4.69, 9.17) is 63.6 Å². The van der Waals surface area contributed by atoms with E-state index in [2.05, 4.69) is 11.3 Å². The first-order valence-corrected chi connectivity index (χ1v) is 20.0. The molecular weight excluding hydrogens is 748 g/mol. The Hall–Kier alpha value is -0.789. The number of hydrogen-bond acceptors (Lipinski definition) is 14. The Morgan fingerprint density at radius 3 is 1.52 bits per heavy atom. The minimum atomic E-state index is -3.33. The molecule has 8 N–H and O–H groups in total. The van der Waals surface area contributed by atoms with E-state index >= 15 is 0 Å². The fourth-order valence-corrected chi connectivity index (χ4v) is 4.49. The Labute approximate surface area is 352 Å². The van der Waals surface area contributed by atoms with Crippen LogP contribution < -0.4 is 45.9 Å². The van der Waals surface area contributed by atoms with Gasteiger partial charge in [0, 0.05) is 49.3 Å². The van der Waals surface area contributed by atoms with E-state index < -0.39 is 26.6 Å². The summed E-state index contributed by atoms with van der Waals surface area (Å²) in [7, 11) is -4.96. The van der Waals surface area contributed by atoms with Crippen molar-refractivity contribution in [2.75, 3.05) is 59.5 Å². The van der Waals surface area contributed by atoms with Gasteiger partial charge in [0.25, 0.3) is 0 Å². The molecule has 7 rings (SSSR count). The van der Waals surface area contributed by atoms with Crippen LogP contribution in [0, 0.1) is 16.2 Å². The number of aliphatic hydroxyl groups is 4. The molecular formula is C33H51B3MgNaO15S-. The fourth-order valence-electron chi connectivity index (χ4n) is 4.49. The normalized spacial score (nSPS) is 22.1. The van der Waals surface area contributed by atoms with Crippen molar-refractivity contribution in [2.45, 2.75) is 20.8 Å².